The molecule has 0 radical (unpaired) electrons. The first-order valence-corrected chi connectivity index (χ1v) is 50.3. The minimum Gasteiger partial charge on any atom is -0.208 e. The highest BCUT2D eigenvalue weighted by atomic mass is 15.1. The molecule has 696 valence electrons. The van der Waals surface area contributed by atoms with Gasteiger partial charge in [-0.3, -0.25) is 0 Å². The van der Waals surface area contributed by atoms with Crippen LogP contribution in [0.5, 0.6) is 0 Å². The molecule has 0 saturated heterocycles. The summed E-state index contributed by atoms with van der Waals surface area (Å²) in [5.74, 6) is 5.91. The van der Waals surface area contributed by atoms with Crippen LogP contribution < -0.4 is 0 Å². The van der Waals surface area contributed by atoms with Crippen LogP contribution in [0.2, 0.25) is 0 Å². The number of fused-ring (bicyclic) bond motifs is 14. The first-order chi connectivity index (χ1) is 72.1. The lowest BCUT2D eigenvalue weighted by Crippen LogP contribution is -2.15. The molecule has 27 rings (SSSR count). The van der Waals surface area contributed by atoms with E-state index in [4.69, 9.17) is 44.9 Å². The van der Waals surface area contributed by atoms with Crippen molar-refractivity contribution in [2.45, 2.75) is 57.8 Å². The summed E-state index contributed by atoms with van der Waals surface area (Å²) in [7, 11) is 0. The van der Waals surface area contributed by atoms with Crippen molar-refractivity contribution in [3.05, 3.63) is 525 Å². The van der Waals surface area contributed by atoms with Gasteiger partial charge < -0.3 is 0 Å². The monoisotopic (exact) mass is 1880 g/mol. The minimum atomic E-state index is -0.0849. The number of hydrogen-bond acceptors (Lipinski definition) is 9. The zero-order valence-corrected chi connectivity index (χ0v) is 82.3. The van der Waals surface area contributed by atoms with Crippen molar-refractivity contribution in [2.75, 3.05) is 0 Å². The molecular formula is C138H99N9. The Labute approximate surface area is 856 Å². The Balaban J connectivity index is 0.000000115. The molecule has 0 unspecified atom stereocenters. The van der Waals surface area contributed by atoms with Gasteiger partial charge in [0, 0.05) is 66.3 Å². The van der Waals surface area contributed by atoms with E-state index >= 15 is 0 Å². The molecule has 3 aromatic heterocycles. The second kappa shape index (κ2) is 37.4. The van der Waals surface area contributed by atoms with Crippen LogP contribution in [-0.4, -0.2) is 44.9 Å². The maximum absolute atomic E-state index is 4.96. The molecule has 24 aromatic rings. The summed E-state index contributed by atoms with van der Waals surface area (Å²) in [6.45, 7) is 14.1. The van der Waals surface area contributed by atoms with Crippen LogP contribution >= 0.6 is 0 Å². The lowest BCUT2D eigenvalue weighted by atomic mass is 9.80. The second-order valence-electron chi connectivity index (χ2n) is 39.9. The van der Waals surface area contributed by atoms with Gasteiger partial charge in [0.25, 0.3) is 0 Å². The third-order valence-electron chi connectivity index (χ3n) is 29.7. The second-order valence-corrected chi connectivity index (χ2v) is 39.9. The highest BCUT2D eigenvalue weighted by Crippen LogP contribution is 2.56. The maximum Gasteiger partial charge on any atom is 0.164 e. The fourth-order valence-corrected chi connectivity index (χ4v) is 22.1. The van der Waals surface area contributed by atoms with E-state index < -0.39 is 0 Å². The predicted molar refractivity (Wildman–Crippen MR) is 606 cm³/mol. The molecule has 147 heavy (non-hydrogen) atoms. The minimum absolute atomic E-state index is 0.0503. The van der Waals surface area contributed by atoms with E-state index in [0.29, 0.717) is 52.4 Å². The van der Waals surface area contributed by atoms with E-state index in [2.05, 4.69) is 351 Å². The molecule has 0 atom stereocenters. The largest absolute Gasteiger partial charge is 0.208 e. The van der Waals surface area contributed by atoms with Crippen molar-refractivity contribution in [2.24, 2.45) is 0 Å². The topological polar surface area (TPSA) is 116 Å². The van der Waals surface area contributed by atoms with Gasteiger partial charge in [-0.05, 0) is 233 Å². The third kappa shape index (κ3) is 17.0. The van der Waals surface area contributed by atoms with Gasteiger partial charge in [-0.1, -0.05) is 466 Å². The first-order valence-electron chi connectivity index (χ1n) is 50.3. The summed E-state index contributed by atoms with van der Waals surface area (Å²) in [5, 5.41) is 7.82. The van der Waals surface area contributed by atoms with Gasteiger partial charge in [0.1, 0.15) is 0 Å². The average molecular weight is 1880 g/mol. The Kier molecular flexibility index (Phi) is 22.8. The van der Waals surface area contributed by atoms with E-state index in [0.717, 1.165) is 83.5 Å². The van der Waals surface area contributed by atoms with Crippen molar-refractivity contribution in [3.8, 4) is 203 Å². The summed E-state index contributed by atoms with van der Waals surface area (Å²) < 4.78 is 0. The summed E-state index contributed by atoms with van der Waals surface area (Å²) in [6.07, 6.45) is 0. The van der Waals surface area contributed by atoms with Gasteiger partial charge in [-0.25, -0.2) is 44.9 Å². The van der Waals surface area contributed by atoms with Crippen molar-refractivity contribution >= 4 is 32.3 Å². The lowest BCUT2D eigenvalue weighted by molar-refractivity contribution is 0.661. The molecule has 9 nitrogen and oxygen atoms in total. The van der Waals surface area contributed by atoms with Gasteiger partial charge in [-0.15, -0.1) is 0 Å². The predicted octanol–water partition coefficient (Wildman–Crippen LogP) is 35.0. The van der Waals surface area contributed by atoms with Crippen molar-refractivity contribution in [1.29, 1.82) is 0 Å². The lowest BCUT2D eigenvalue weighted by Gasteiger charge is -2.23. The van der Waals surface area contributed by atoms with Crippen LogP contribution in [0.15, 0.2) is 491 Å². The zero-order chi connectivity index (χ0) is 98.9. The van der Waals surface area contributed by atoms with Crippen LogP contribution in [0.1, 0.15) is 74.9 Å². The molecule has 0 bridgehead atoms. The van der Waals surface area contributed by atoms with E-state index in [1.807, 2.05) is 182 Å². The van der Waals surface area contributed by atoms with Crippen molar-refractivity contribution in [3.63, 3.8) is 0 Å². The first kappa shape index (κ1) is 89.8. The van der Waals surface area contributed by atoms with Crippen molar-refractivity contribution < 1.29 is 0 Å². The van der Waals surface area contributed by atoms with Crippen molar-refractivity contribution in [1.82, 2.24) is 44.9 Å². The van der Waals surface area contributed by atoms with E-state index in [9.17, 15) is 0 Å². The zero-order valence-electron chi connectivity index (χ0n) is 82.3. The molecule has 3 aliphatic carbocycles. The van der Waals surface area contributed by atoms with Crippen LogP contribution in [0.3, 0.4) is 0 Å². The third-order valence-corrected chi connectivity index (χ3v) is 29.7. The van der Waals surface area contributed by atoms with Crippen LogP contribution in [-0.2, 0) is 16.2 Å². The van der Waals surface area contributed by atoms with E-state index in [1.54, 1.807) is 0 Å². The molecule has 0 aliphatic heterocycles. The van der Waals surface area contributed by atoms with Gasteiger partial charge in [0.15, 0.2) is 52.4 Å². The molecule has 0 N–H and O–H groups in total. The fraction of sp³-hybridized carbons (Fsp3) is 0.0652. The molecule has 21 aromatic carbocycles. The number of nitrogens with zero attached hydrogens (tertiary/aromatic N) is 9. The maximum atomic E-state index is 4.96. The fourth-order valence-electron chi connectivity index (χ4n) is 22.1. The Morgan fingerprint density at radius 2 is 0.361 bits per heavy atom. The summed E-state index contributed by atoms with van der Waals surface area (Å²) in [4.78, 5) is 44.4. The highest BCUT2D eigenvalue weighted by Gasteiger charge is 2.40. The summed E-state index contributed by atoms with van der Waals surface area (Å²) >= 11 is 0. The number of rotatable bonds is 15. The summed E-state index contributed by atoms with van der Waals surface area (Å²) in [6, 6.07) is 174. The SMILES string of the molecule is CC1(C)c2cc(-c3cccc(-c4cccc(-c5nc(-c6ccccc6)nc(-c6ccccc6)n5)c4)c3)ccc2-c2c1ccc1ccccc21.CC1(C)c2ccc(-c3cccc(-c4cccc(-c5nc(-c6ccccc6)nc(-c6ccccc6)n5)c4)c3)cc2-c2cc3ccccc3cc21.CC1(C)c2ccc(-c3cccc(-c4cccc(-c5nc(-c6ccccc6)nc(-c6ccccc6)n5)c4)c3)cc2-c2ccc3ccccc3c21. The number of aromatic nitrogens is 9. The normalized spacial score (nSPS) is 12.9. The van der Waals surface area contributed by atoms with Crippen LogP contribution in [0.25, 0.3) is 235 Å². The number of benzene rings is 21. The van der Waals surface area contributed by atoms with Gasteiger partial charge in [-0.2, -0.15) is 0 Å². The molecule has 3 aliphatic rings. The quantitative estimate of drug-likeness (QED) is 0.0989. The van der Waals surface area contributed by atoms with E-state index in [-0.39, 0.29) is 16.2 Å². The standard InChI is InChI=1S/3C46H33N3/c1-46(2)40-26-24-30-13-9-10-22-38(30)42(40)39-25-23-36(29-41(39)46)34-19-11-18-33(27-34)35-20-12-21-37(28-35)45-48-43(31-14-5-3-6-15-31)47-44(49-45)32-16-7-4-8-17-32;1-46(2)41-26-24-36(29-40(41)39-25-23-30-13-9-10-22-38(30)42(39)46)34-19-11-18-33(27-34)35-20-12-21-37(28-35)45-48-43(31-14-5-3-6-15-31)47-44(49-45)32-16-7-4-8-17-32;1-46(2)41-24-23-37(28-39(41)40-27-35-17-9-10-18-36(35)29-42(40)46)33-20-11-19-32(25-33)34-21-12-22-38(26-34)45-48-43(30-13-5-3-6-14-30)47-44(49-45)31-15-7-4-8-16-31/h3*3-29H,1-2H3. The molecule has 9 heteroatoms. The van der Waals surface area contributed by atoms with Gasteiger partial charge in [0.2, 0.25) is 0 Å². The average Bonchev–Trinajstić information content (AvgIpc) is 1.57. The van der Waals surface area contributed by atoms with Crippen LogP contribution in [0, 0.1) is 0 Å². The molecular weight excluding hydrogens is 1780 g/mol. The molecule has 0 fully saturated rings. The molecule has 3 heterocycles. The Bertz CT molecular complexity index is 8840. The Hall–Kier alpha value is -18.6. The van der Waals surface area contributed by atoms with Gasteiger partial charge in [0.05, 0.1) is 0 Å². The molecule has 0 saturated carbocycles. The number of hydrogen-bond donors (Lipinski definition) is 0. The summed E-state index contributed by atoms with van der Waals surface area (Å²) in [5.41, 5.74) is 38.8. The van der Waals surface area contributed by atoms with Gasteiger partial charge >= 0.3 is 0 Å². The molecule has 0 spiro atoms. The van der Waals surface area contributed by atoms with E-state index in [1.165, 1.54) is 132 Å². The smallest absolute Gasteiger partial charge is 0.164 e. The highest BCUT2D eigenvalue weighted by molar-refractivity contribution is 6.04. The van der Waals surface area contributed by atoms with Crippen LogP contribution in [0.4, 0.5) is 0 Å². The molecule has 0 amide bonds. The Morgan fingerprint density at radius 3 is 0.735 bits per heavy atom. The Morgan fingerprint density at radius 1 is 0.129 bits per heavy atom.